The maximum absolute atomic E-state index is 11.3. The Labute approximate surface area is 201 Å². The highest BCUT2D eigenvalue weighted by Gasteiger charge is 2.58. The molecule has 9 atom stereocenters. The van der Waals surface area contributed by atoms with Crippen LogP contribution in [-0.4, -0.2) is 43.8 Å². The normalized spacial score (nSPS) is 44.0. The van der Waals surface area contributed by atoms with Gasteiger partial charge in [-0.25, -0.2) is 0 Å². The van der Waals surface area contributed by atoms with Crippen LogP contribution >= 0.6 is 0 Å². The van der Waals surface area contributed by atoms with Gasteiger partial charge in [0.15, 0.2) is 0 Å². The van der Waals surface area contributed by atoms with Crippen LogP contribution in [0.5, 0.6) is 0 Å². The second-order valence-corrected chi connectivity index (χ2v) is 13.3. The third-order valence-electron chi connectivity index (χ3n) is 11.2. The van der Waals surface area contributed by atoms with Gasteiger partial charge >= 0.3 is 0 Å². The molecule has 3 saturated carbocycles. The van der Waals surface area contributed by atoms with Crippen molar-refractivity contribution in [2.45, 2.75) is 123 Å². The average Bonchev–Trinajstić information content (AvgIpc) is 3.09. The SMILES string of the molecule is C/C(=C1/CCC2C3CC=C4C[C@@H](O)CC[C@]4(C)C3CC[C@]12C)[C@@H](O)[C@](C)(O)[C@H](C)C(C)(C)O. The van der Waals surface area contributed by atoms with Gasteiger partial charge in [-0.3, -0.25) is 0 Å². The molecule has 4 nitrogen and oxygen atoms in total. The summed E-state index contributed by atoms with van der Waals surface area (Å²) in [6.45, 7) is 13.8. The van der Waals surface area contributed by atoms with Gasteiger partial charge in [-0.05, 0) is 113 Å². The smallest absolute Gasteiger partial charge is 0.104 e. The monoisotopic (exact) mass is 460 g/mol. The fourth-order valence-electron chi connectivity index (χ4n) is 8.66. The summed E-state index contributed by atoms with van der Waals surface area (Å²) in [7, 11) is 0. The molecule has 0 aliphatic heterocycles. The molecule has 0 saturated heterocycles. The van der Waals surface area contributed by atoms with Gasteiger partial charge in [-0.1, -0.05) is 38.0 Å². The molecule has 188 valence electrons. The molecule has 4 rings (SSSR count). The molecule has 4 aliphatic rings. The average molecular weight is 461 g/mol. The van der Waals surface area contributed by atoms with E-state index in [2.05, 4.69) is 19.9 Å². The Morgan fingerprint density at radius 3 is 2.27 bits per heavy atom. The van der Waals surface area contributed by atoms with Gasteiger partial charge in [0.05, 0.1) is 17.3 Å². The number of aliphatic hydroxyl groups excluding tert-OH is 2. The molecule has 0 aromatic heterocycles. The van der Waals surface area contributed by atoms with Crippen molar-refractivity contribution >= 4 is 0 Å². The molecule has 0 aromatic rings. The molecule has 33 heavy (non-hydrogen) atoms. The summed E-state index contributed by atoms with van der Waals surface area (Å²) < 4.78 is 0. The number of hydrogen-bond donors (Lipinski definition) is 4. The third-order valence-corrected chi connectivity index (χ3v) is 11.2. The zero-order valence-electron chi connectivity index (χ0n) is 22.0. The minimum atomic E-state index is -1.40. The van der Waals surface area contributed by atoms with Crippen LogP contribution in [0.1, 0.15) is 99.8 Å². The van der Waals surface area contributed by atoms with Crippen LogP contribution in [0.25, 0.3) is 0 Å². The summed E-state index contributed by atoms with van der Waals surface area (Å²) in [5, 5.41) is 43.4. The molecule has 4 aliphatic carbocycles. The number of fused-ring (bicyclic) bond motifs is 5. The zero-order valence-corrected chi connectivity index (χ0v) is 22.0. The van der Waals surface area contributed by atoms with E-state index < -0.39 is 23.2 Å². The van der Waals surface area contributed by atoms with Crippen LogP contribution in [0.2, 0.25) is 0 Å². The Bertz CT molecular complexity index is 833. The van der Waals surface area contributed by atoms with E-state index in [-0.39, 0.29) is 16.9 Å². The predicted octanol–water partition coefficient (Wildman–Crippen LogP) is 5.15. The van der Waals surface area contributed by atoms with Gasteiger partial charge in [0.25, 0.3) is 0 Å². The van der Waals surface area contributed by atoms with Gasteiger partial charge in [0.1, 0.15) is 6.10 Å². The lowest BCUT2D eigenvalue weighted by Gasteiger charge is -2.57. The lowest BCUT2D eigenvalue weighted by Crippen LogP contribution is -2.53. The Balaban J connectivity index is 1.63. The highest BCUT2D eigenvalue weighted by molar-refractivity contribution is 5.33. The largest absolute Gasteiger partial charge is 0.393 e. The van der Waals surface area contributed by atoms with Crippen molar-refractivity contribution in [3.05, 3.63) is 22.8 Å². The molecule has 3 unspecified atom stereocenters. The second-order valence-electron chi connectivity index (χ2n) is 13.3. The number of aliphatic hydroxyl groups is 4. The molecule has 0 spiro atoms. The quantitative estimate of drug-likeness (QED) is 0.438. The molecule has 0 aromatic carbocycles. The van der Waals surface area contributed by atoms with Crippen molar-refractivity contribution in [2.24, 2.45) is 34.5 Å². The van der Waals surface area contributed by atoms with Crippen molar-refractivity contribution < 1.29 is 20.4 Å². The van der Waals surface area contributed by atoms with Gasteiger partial charge in [-0.2, -0.15) is 0 Å². The van der Waals surface area contributed by atoms with E-state index in [1.165, 1.54) is 17.6 Å². The fraction of sp³-hybridized carbons (Fsp3) is 0.862. The van der Waals surface area contributed by atoms with E-state index in [9.17, 15) is 20.4 Å². The summed E-state index contributed by atoms with van der Waals surface area (Å²) in [5.41, 5.74) is 1.58. The van der Waals surface area contributed by atoms with Crippen molar-refractivity contribution in [1.82, 2.24) is 0 Å². The first-order valence-electron chi connectivity index (χ1n) is 13.3. The summed E-state index contributed by atoms with van der Waals surface area (Å²) in [6.07, 6.45) is 9.78. The summed E-state index contributed by atoms with van der Waals surface area (Å²) in [5.74, 6) is 1.48. The van der Waals surface area contributed by atoms with Crippen molar-refractivity contribution in [3.63, 3.8) is 0 Å². The van der Waals surface area contributed by atoms with E-state index in [0.717, 1.165) is 50.5 Å². The summed E-state index contributed by atoms with van der Waals surface area (Å²) >= 11 is 0. The van der Waals surface area contributed by atoms with Crippen molar-refractivity contribution in [3.8, 4) is 0 Å². The lowest BCUT2D eigenvalue weighted by atomic mass is 9.47. The molecular formula is C29H48O4. The Hall–Kier alpha value is -0.680. The molecule has 4 heteroatoms. The minimum Gasteiger partial charge on any atom is -0.393 e. The number of allylic oxidation sites excluding steroid dienone is 2. The highest BCUT2D eigenvalue weighted by Crippen LogP contribution is 2.66. The lowest BCUT2D eigenvalue weighted by molar-refractivity contribution is -0.138. The molecule has 0 heterocycles. The first kappa shape index (κ1) is 25.4. The van der Waals surface area contributed by atoms with E-state index in [0.29, 0.717) is 17.8 Å². The Kier molecular flexibility index (Phi) is 6.30. The summed E-state index contributed by atoms with van der Waals surface area (Å²) in [6, 6.07) is 0. The molecule has 0 amide bonds. The Morgan fingerprint density at radius 1 is 1.03 bits per heavy atom. The van der Waals surface area contributed by atoms with E-state index >= 15 is 0 Å². The Morgan fingerprint density at radius 2 is 1.64 bits per heavy atom. The van der Waals surface area contributed by atoms with E-state index in [4.69, 9.17) is 0 Å². The van der Waals surface area contributed by atoms with Crippen LogP contribution in [0.15, 0.2) is 22.8 Å². The van der Waals surface area contributed by atoms with Crippen LogP contribution < -0.4 is 0 Å². The van der Waals surface area contributed by atoms with Crippen LogP contribution in [0.4, 0.5) is 0 Å². The van der Waals surface area contributed by atoms with E-state index in [1.807, 2.05) is 13.8 Å². The zero-order chi connectivity index (χ0) is 24.6. The standard InChI is InChI=1S/C29H48O4/c1-17(25(31)29(7,33)18(2)26(3,4)32)22-10-11-23-21-9-8-19-16-20(30)12-14-27(19,5)24(21)13-15-28(22,23)6/h8,18,20-21,23-25,30-33H,9-16H2,1-7H3/b22-17+/t18-,20+,21?,23?,24?,25-,27+,28-,29-/m1/s1. The number of rotatable bonds is 4. The predicted molar refractivity (Wildman–Crippen MR) is 133 cm³/mol. The van der Waals surface area contributed by atoms with Gasteiger partial charge in [0.2, 0.25) is 0 Å². The topological polar surface area (TPSA) is 80.9 Å². The van der Waals surface area contributed by atoms with Crippen LogP contribution in [-0.2, 0) is 0 Å². The summed E-state index contributed by atoms with van der Waals surface area (Å²) in [4.78, 5) is 0. The number of hydrogen-bond acceptors (Lipinski definition) is 4. The molecular weight excluding hydrogens is 412 g/mol. The van der Waals surface area contributed by atoms with Crippen LogP contribution in [0, 0.1) is 34.5 Å². The van der Waals surface area contributed by atoms with Gasteiger partial charge < -0.3 is 20.4 Å². The fourth-order valence-corrected chi connectivity index (χ4v) is 8.66. The first-order valence-corrected chi connectivity index (χ1v) is 13.3. The minimum absolute atomic E-state index is 0.0656. The van der Waals surface area contributed by atoms with Gasteiger partial charge in [0, 0.05) is 5.92 Å². The van der Waals surface area contributed by atoms with E-state index in [1.54, 1.807) is 20.8 Å². The molecule has 0 bridgehead atoms. The van der Waals surface area contributed by atoms with Gasteiger partial charge in [-0.15, -0.1) is 0 Å². The van der Waals surface area contributed by atoms with Crippen LogP contribution in [0.3, 0.4) is 0 Å². The van der Waals surface area contributed by atoms with Crippen molar-refractivity contribution in [2.75, 3.05) is 0 Å². The second kappa shape index (κ2) is 8.18. The molecule has 3 fully saturated rings. The third kappa shape index (κ3) is 3.88. The maximum atomic E-state index is 11.3. The van der Waals surface area contributed by atoms with Crippen molar-refractivity contribution in [1.29, 1.82) is 0 Å². The molecule has 0 radical (unpaired) electrons. The highest BCUT2D eigenvalue weighted by atomic mass is 16.3. The maximum Gasteiger partial charge on any atom is 0.104 e. The molecule has 4 N–H and O–H groups in total. The first-order chi connectivity index (χ1) is 15.1.